The highest BCUT2D eigenvalue weighted by Crippen LogP contribution is 2.35. The summed E-state index contributed by atoms with van der Waals surface area (Å²) in [5.74, 6) is 2.42. The molecule has 1 aliphatic carbocycles. The molecule has 2 aromatic rings. The van der Waals surface area contributed by atoms with Crippen molar-refractivity contribution in [3.05, 3.63) is 47.5 Å². The van der Waals surface area contributed by atoms with Gasteiger partial charge in [0.15, 0.2) is 11.5 Å². The van der Waals surface area contributed by atoms with E-state index in [0.717, 1.165) is 11.0 Å². The molecule has 1 N–H and O–H groups in total. The van der Waals surface area contributed by atoms with E-state index in [4.69, 9.17) is 19.4 Å². The first-order chi connectivity index (χ1) is 11.7. The van der Waals surface area contributed by atoms with Crippen molar-refractivity contribution in [1.29, 1.82) is 5.26 Å². The van der Waals surface area contributed by atoms with Crippen molar-refractivity contribution < 1.29 is 19.2 Å². The van der Waals surface area contributed by atoms with E-state index in [9.17, 15) is 5.02 Å². The van der Waals surface area contributed by atoms with Gasteiger partial charge in [0.2, 0.25) is 0 Å². The van der Waals surface area contributed by atoms with Crippen LogP contribution in [0.15, 0.2) is 36.4 Å². The number of rotatable bonds is 5. The van der Waals surface area contributed by atoms with Crippen molar-refractivity contribution >= 4 is 12.6 Å². The van der Waals surface area contributed by atoms with Crippen molar-refractivity contribution in [1.82, 2.24) is 0 Å². The molecular weight excluding hydrogens is 305 g/mol. The van der Waals surface area contributed by atoms with Gasteiger partial charge in [-0.1, -0.05) is 6.07 Å². The molecule has 24 heavy (non-hydrogen) atoms. The van der Waals surface area contributed by atoms with E-state index in [1.54, 1.807) is 30.3 Å². The van der Waals surface area contributed by atoms with E-state index in [1.807, 2.05) is 6.07 Å². The van der Waals surface area contributed by atoms with Gasteiger partial charge in [0.05, 0.1) is 24.8 Å². The molecule has 0 atom stereocenters. The maximum atomic E-state index is 9.68. The molecule has 1 saturated carbocycles. The number of nitrogens with zero attached hydrogens (tertiary/aromatic N) is 1. The van der Waals surface area contributed by atoms with Crippen LogP contribution in [0.3, 0.4) is 0 Å². The second-order valence-corrected chi connectivity index (χ2v) is 6.15. The molecule has 120 valence electrons. The Morgan fingerprint density at radius 3 is 2.88 bits per heavy atom. The lowest BCUT2D eigenvalue weighted by molar-refractivity contribution is 0.275. The molecule has 5 nitrogen and oxygen atoms in total. The van der Waals surface area contributed by atoms with Gasteiger partial charge in [-0.25, -0.2) is 0 Å². The molecule has 0 saturated heterocycles. The molecule has 4 rings (SSSR count). The Hall–Kier alpha value is -2.49. The maximum Gasteiger partial charge on any atom is 0.491 e. The number of hydrogen-bond donors (Lipinski definition) is 1. The molecule has 1 aliphatic heterocycles. The van der Waals surface area contributed by atoms with Crippen LogP contribution in [0.2, 0.25) is 0 Å². The summed E-state index contributed by atoms with van der Waals surface area (Å²) >= 11 is 0. The SMILES string of the molecule is N#Cc1ccc(Oc2ccc3c(c2)COB3O)c(OCC2CC2)c1. The third-order valence-electron chi connectivity index (χ3n) is 4.25. The zero-order valence-corrected chi connectivity index (χ0v) is 13.1. The van der Waals surface area contributed by atoms with Gasteiger partial charge in [0.25, 0.3) is 0 Å². The van der Waals surface area contributed by atoms with Crippen molar-refractivity contribution in [2.24, 2.45) is 5.92 Å². The fourth-order valence-electron chi connectivity index (χ4n) is 2.66. The number of nitriles is 1. The molecule has 1 fully saturated rings. The largest absolute Gasteiger partial charge is 0.491 e. The predicted molar refractivity (Wildman–Crippen MR) is 88.3 cm³/mol. The van der Waals surface area contributed by atoms with E-state index in [-0.39, 0.29) is 0 Å². The Labute approximate surface area is 140 Å². The second-order valence-electron chi connectivity index (χ2n) is 6.15. The predicted octanol–water partition coefficient (Wildman–Crippen LogP) is 2.36. The minimum atomic E-state index is -0.860. The average molecular weight is 321 g/mol. The Morgan fingerprint density at radius 1 is 1.21 bits per heavy atom. The maximum absolute atomic E-state index is 9.68. The smallest absolute Gasteiger partial charge is 0.489 e. The quantitative estimate of drug-likeness (QED) is 0.856. The number of ether oxygens (including phenoxy) is 2. The molecule has 0 aromatic heterocycles. The summed E-state index contributed by atoms with van der Waals surface area (Å²) in [6.45, 7) is 1.02. The van der Waals surface area contributed by atoms with Gasteiger partial charge in [-0.05, 0) is 54.1 Å². The van der Waals surface area contributed by atoms with E-state index in [2.05, 4.69) is 6.07 Å². The normalized spacial score (nSPS) is 15.8. The van der Waals surface area contributed by atoms with Crippen LogP contribution < -0.4 is 14.9 Å². The van der Waals surface area contributed by atoms with Crippen molar-refractivity contribution in [3.8, 4) is 23.3 Å². The highest BCUT2D eigenvalue weighted by atomic mass is 16.5. The Morgan fingerprint density at radius 2 is 2.08 bits per heavy atom. The monoisotopic (exact) mass is 321 g/mol. The average Bonchev–Trinajstić information content (AvgIpc) is 3.37. The summed E-state index contributed by atoms with van der Waals surface area (Å²) < 4.78 is 17.0. The molecule has 2 aromatic carbocycles. The van der Waals surface area contributed by atoms with Crippen LogP contribution in [0.1, 0.15) is 24.0 Å². The van der Waals surface area contributed by atoms with Gasteiger partial charge < -0.3 is 19.2 Å². The minimum Gasteiger partial charge on any atom is -0.489 e. The fraction of sp³-hybridized carbons (Fsp3) is 0.278. The summed E-state index contributed by atoms with van der Waals surface area (Å²) in [6.07, 6.45) is 2.39. The Kier molecular flexibility index (Phi) is 3.89. The number of fused-ring (bicyclic) bond motifs is 1. The summed E-state index contributed by atoms with van der Waals surface area (Å²) in [6, 6.07) is 12.7. The topological polar surface area (TPSA) is 71.7 Å². The lowest BCUT2D eigenvalue weighted by Crippen LogP contribution is -2.27. The van der Waals surface area contributed by atoms with Crippen LogP contribution in [-0.4, -0.2) is 18.7 Å². The van der Waals surface area contributed by atoms with Gasteiger partial charge in [-0.3, -0.25) is 0 Å². The zero-order chi connectivity index (χ0) is 16.5. The van der Waals surface area contributed by atoms with Gasteiger partial charge >= 0.3 is 7.12 Å². The lowest BCUT2D eigenvalue weighted by Gasteiger charge is -2.13. The minimum absolute atomic E-state index is 0.367. The van der Waals surface area contributed by atoms with Gasteiger partial charge in [-0.15, -0.1) is 0 Å². The summed E-state index contributed by atoms with van der Waals surface area (Å²) in [7, 11) is -0.860. The summed E-state index contributed by atoms with van der Waals surface area (Å²) in [4.78, 5) is 0. The standard InChI is InChI=1S/C18H16BNO4/c20-9-13-3-6-17(18(7-13)22-10-12-1-2-12)24-15-4-5-16-14(8-15)11-23-19(16)21/h3-8,12,21H,1-2,10-11H2. The van der Waals surface area contributed by atoms with Gasteiger partial charge in [0, 0.05) is 6.07 Å². The van der Waals surface area contributed by atoms with E-state index in [0.29, 0.717) is 41.9 Å². The number of hydrogen-bond acceptors (Lipinski definition) is 5. The zero-order valence-electron chi connectivity index (χ0n) is 13.1. The van der Waals surface area contributed by atoms with Crippen molar-refractivity contribution in [2.75, 3.05) is 6.61 Å². The van der Waals surface area contributed by atoms with Crippen LogP contribution >= 0.6 is 0 Å². The highest BCUT2D eigenvalue weighted by Gasteiger charge is 2.27. The highest BCUT2D eigenvalue weighted by molar-refractivity contribution is 6.61. The van der Waals surface area contributed by atoms with E-state index in [1.165, 1.54) is 12.8 Å². The molecule has 0 unspecified atom stereocenters. The Bertz CT molecular complexity index is 813. The first-order valence-corrected chi connectivity index (χ1v) is 8.00. The summed E-state index contributed by atoms with van der Waals surface area (Å²) in [5, 5.41) is 18.8. The Balaban J connectivity index is 1.58. The molecule has 0 radical (unpaired) electrons. The van der Waals surface area contributed by atoms with Crippen LogP contribution in [-0.2, 0) is 11.3 Å². The molecule has 0 spiro atoms. The third-order valence-corrected chi connectivity index (χ3v) is 4.25. The molecular formula is C18H16BNO4. The van der Waals surface area contributed by atoms with Crippen LogP contribution in [0.25, 0.3) is 0 Å². The fourth-order valence-corrected chi connectivity index (χ4v) is 2.66. The third kappa shape index (κ3) is 3.09. The number of benzene rings is 2. The van der Waals surface area contributed by atoms with E-state index < -0.39 is 7.12 Å². The van der Waals surface area contributed by atoms with Crippen LogP contribution in [0.4, 0.5) is 0 Å². The summed E-state index contributed by atoms with van der Waals surface area (Å²) in [5.41, 5.74) is 2.22. The molecule has 1 heterocycles. The second kappa shape index (κ2) is 6.19. The molecule has 6 heteroatoms. The van der Waals surface area contributed by atoms with Gasteiger partial charge in [-0.2, -0.15) is 5.26 Å². The van der Waals surface area contributed by atoms with Crippen molar-refractivity contribution in [3.63, 3.8) is 0 Å². The van der Waals surface area contributed by atoms with Gasteiger partial charge in [0.1, 0.15) is 5.75 Å². The molecule has 0 amide bonds. The first kappa shape index (κ1) is 15.1. The lowest BCUT2D eigenvalue weighted by atomic mass is 9.80. The van der Waals surface area contributed by atoms with Crippen LogP contribution in [0, 0.1) is 17.2 Å². The molecule has 2 aliphatic rings. The van der Waals surface area contributed by atoms with Crippen LogP contribution in [0.5, 0.6) is 17.2 Å². The van der Waals surface area contributed by atoms with E-state index >= 15 is 0 Å². The molecule has 0 bridgehead atoms. The van der Waals surface area contributed by atoms with Crippen molar-refractivity contribution in [2.45, 2.75) is 19.4 Å². The first-order valence-electron chi connectivity index (χ1n) is 8.00.